The molecule has 1 saturated carbocycles. The molecular formula is C20H21ClN2O4. The van der Waals surface area contributed by atoms with E-state index in [2.05, 4.69) is 10.6 Å². The lowest BCUT2D eigenvalue weighted by Gasteiger charge is -2.16. The molecule has 0 saturated heterocycles. The van der Waals surface area contributed by atoms with Gasteiger partial charge in [-0.2, -0.15) is 0 Å². The van der Waals surface area contributed by atoms with Crippen molar-refractivity contribution in [3.05, 3.63) is 53.6 Å². The van der Waals surface area contributed by atoms with Gasteiger partial charge in [0.25, 0.3) is 0 Å². The largest absolute Gasteiger partial charge is 0.497 e. The number of anilines is 1. The van der Waals surface area contributed by atoms with Crippen LogP contribution in [0.3, 0.4) is 0 Å². The maximum atomic E-state index is 12.5. The summed E-state index contributed by atoms with van der Waals surface area (Å²) in [5.74, 6) is 0.813. The van der Waals surface area contributed by atoms with Gasteiger partial charge in [0, 0.05) is 0 Å². The maximum Gasteiger partial charge on any atom is 0.240 e. The second kappa shape index (κ2) is 8.31. The summed E-state index contributed by atoms with van der Waals surface area (Å²) in [5, 5.41) is 5.96. The van der Waals surface area contributed by atoms with Crippen LogP contribution in [0.1, 0.15) is 12.8 Å². The third kappa shape index (κ3) is 4.52. The third-order valence-corrected chi connectivity index (χ3v) is 4.79. The number of rotatable bonds is 8. The molecule has 27 heavy (non-hydrogen) atoms. The lowest BCUT2D eigenvalue weighted by atomic mass is 10.1. The van der Waals surface area contributed by atoms with Gasteiger partial charge in [-0.25, -0.2) is 0 Å². The van der Waals surface area contributed by atoms with Crippen molar-refractivity contribution < 1.29 is 19.1 Å². The first-order chi connectivity index (χ1) is 13.0. The molecule has 7 heteroatoms. The molecule has 0 spiro atoms. The fourth-order valence-corrected chi connectivity index (χ4v) is 2.84. The van der Waals surface area contributed by atoms with Crippen molar-refractivity contribution in [3.8, 4) is 11.5 Å². The summed E-state index contributed by atoms with van der Waals surface area (Å²) in [7, 11) is 1.60. The lowest BCUT2D eigenvalue weighted by molar-refractivity contribution is -0.134. The van der Waals surface area contributed by atoms with E-state index < -0.39 is 5.41 Å². The highest BCUT2D eigenvalue weighted by atomic mass is 35.5. The van der Waals surface area contributed by atoms with E-state index in [9.17, 15) is 9.59 Å². The molecule has 0 heterocycles. The number of halogens is 1. The Hall–Kier alpha value is -2.73. The number of hydrogen-bond acceptors (Lipinski definition) is 4. The smallest absolute Gasteiger partial charge is 0.240 e. The normalized spacial score (nSPS) is 14.1. The van der Waals surface area contributed by atoms with E-state index in [1.807, 2.05) is 0 Å². The van der Waals surface area contributed by atoms with Crippen molar-refractivity contribution in [2.45, 2.75) is 12.8 Å². The topological polar surface area (TPSA) is 76.7 Å². The SMILES string of the molecule is COc1ccc(OCCNC(=O)C2(C(=O)Nc3ccccc3Cl)CC2)cc1. The van der Waals surface area contributed by atoms with Crippen LogP contribution in [0.5, 0.6) is 11.5 Å². The van der Waals surface area contributed by atoms with Gasteiger partial charge < -0.3 is 20.1 Å². The highest BCUT2D eigenvalue weighted by Gasteiger charge is 2.56. The summed E-state index contributed by atoms with van der Waals surface area (Å²) >= 11 is 6.06. The first-order valence-electron chi connectivity index (χ1n) is 8.66. The molecule has 2 N–H and O–H groups in total. The predicted molar refractivity (Wildman–Crippen MR) is 103 cm³/mol. The monoisotopic (exact) mass is 388 g/mol. The Morgan fingerprint density at radius 1 is 1.04 bits per heavy atom. The number of benzene rings is 2. The molecule has 2 amide bonds. The van der Waals surface area contributed by atoms with E-state index in [4.69, 9.17) is 21.1 Å². The van der Waals surface area contributed by atoms with Crippen molar-refractivity contribution in [3.63, 3.8) is 0 Å². The molecule has 0 bridgehead atoms. The number of ether oxygens (including phenoxy) is 2. The number of amides is 2. The number of carbonyl (C=O) groups excluding carboxylic acids is 2. The van der Waals surface area contributed by atoms with Crippen LogP contribution in [0.25, 0.3) is 0 Å². The third-order valence-electron chi connectivity index (χ3n) is 4.46. The van der Waals surface area contributed by atoms with Crippen LogP contribution >= 0.6 is 11.6 Å². The van der Waals surface area contributed by atoms with Gasteiger partial charge in [0.15, 0.2) is 0 Å². The Balaban J connectivity index is 1.47. The molecule has 1 aliphatic carbocycles. The zero-order valence-electron chi connectivity index (χ0n) is 15.0. The van der Waals surface area contributed by atoms with Gasteiger partial charge in [0.05, 0.1) is 24.4 Å². The van der Waals surface area contributed by atoms with Gasteiger partial charge in [0.2, 0.25) is 11.8 Å². The van der Waals surface area contributed by atoms with Crippen LogP contribution in [-0.4, -0.2) is 32.1 Å². The fraction of sp³-hybridized carbons (Fsp3) is 0.300. The predicted octanol–water partition coefficient (Wildman–Crippen LogP) is 3.26. The van der Waals surface area contributed by atoms with E-state index in [1.165, 1.54) is 0 Å². The Morgan fingerprint density at radius 2 is 1.70 bits per heavy atom. The Kier molecular flexibility index (Phi) is 5.86. The van der Waals surface area contributed by atoms with Crippen LogP contribution in [0.4, 0.5) is 5.69 Å². The van der Waals surface area contributed by atoms with Crippen LogP contribution in [0, 0.1) is 5.41 Å². The molecular weight excluding hydrogens is 368 g/mol. The van der Waals surface area contributed by atoms with Crippen LogP contribution in [0.15, 0.2) is 48.5 Å². The zero-order valence-corrected chi connectivity index (χ0v) is 15.7. The molecule has 6 nitrogen and oxygen atoms in total. The second-order valence-electron chi connectivity index (χ2n) is 6.30. The molecule has 0 aliphatic heterocycles. The molecule has 2 aromatic carbocycles. The van der Waals surface area contributed by atoms with Gasteiger partial charge >= 0.3 is 0 Å². The lowest BCUT2D eigenvalue weighted by Crippen LogP contribution is -2.41. The highest BCUT2D eigenvalue weighted by molar-refractivity contribution is 6.34. The van der Waals surface area contributed by atoms with Crippen molar-refractivity contribution >= 4 is 29.1 Å². The molecule has 0 aromatic heterocycles. The zero-order chi connectivity index (χ0) is 19.3. The Bertz CT molecular complexity index is 819. The van der Waals surface area contributed by atoms with Crippen molar-refractivity contribution in [2.75, 3.05) is 25.6 Å². The van der Waals surface area contributed by atoms with Crippen LogP contribution in [-0.2, 0) is 9.59 Å². The van der Waals surface area contributed by atoms with Gasteiger partial charge in [-0.05, 0) is 49.2 Å². The first kappa shape index (κ1) is 19.0. The van der Waals surface area contributed by atoms with Crippen molar-refractivity contribution in [2.24, 2.45) is 5.41 Å². The average Bonchev–Trinajstić information content (AvgIpc) is 3.49. The van der Waals surface area contributed by atoms with Crippen LogP contribution in [0.2, 0.25) is 5.02 Å². The van der Waals surface area contributed by atoms with Gasteiger partial charge in [0.1, 0.15) is 23.5 Å². The van der Waals surface area contributed by atoms with E-state index in [1.54, 1.807) is 55.6 Å². The molecule has 0 atom stereocenters. The highest BCUT2D eigenvalue weighted by Crippen LogP contribution is 2.47. The van der Waals surface area contributed by atoms with Crippen molar-refractivity contribution in [1.29, 1.82) is 0 Å². The summed E-state index contributed by atoms with van der Waals surface area (Å²) in [6.45, 7) is 0.617. The summed E-state index contributed by atoms with van der Waals surface area (Å²) in [4.78, 5) is 25.0. The number of carbonyl (C=O) groups is 2. The maximum absolute atomic E-state index is 12.5. The molecule has 0 radical (unpaired) electrons. The average molecular weight is 389 g/mol. The second-order valence-corrected chi connectivity index (χ2v) is 6.70. The van der Waals surface area contributed by atoms with Crippen LogP contribution < -0.4 is 20.1 Å². The minimum Gasteiger partial charge on any atom is -0.497 e. The standard InChI is InChI=1S/C20H21ClN2O4/c1-26-14-6-8-15(9-7-14)27-13-12-22-18(24)20(10-11-20)19(25)23-17-5-3-2-4-16(17)21/h2-9H,10-13H2,1H3,(H,22,24)(H,23,25). The number of para-hydroxylation sites is 1. The van der Waals surface area contributed by atoms with E-state index in [0.29, 0.717) is 42.5 Å². The summed E-state index contributed by atoms with van der Waals surface area (Å²) in [6.07, 6.45) is 1.04. The minimum absolute atomic E-state index is 0.287. The fourth-order valence-electron chi connectivity index (χ4n) is 2.66. The minimum atomic E-state index is -1.01. The van der Waals surface area contributed by atoms with Gasteiger partial charge in [-0.3, -0.25) is 9.59 Å². The molecule has 3 rings (SSSR count). The molecule has 1 aliphatic rings. The molecule has 0 unspecified atom stereocenters. The number of methoxy groups -OCH3 is 1. The van der Waals surface area contributed by atoms with E-state index in [0.717, 1.165) is 5.75 Å². The van der Waals surface area contributed by atoms with E-state index >= 15 is 0 Å². The van der Waals surface area contributed by atoms with Gasteiger partial charge in [-0.15, -0.1) is 0 Å². The van der Waals surface area contributed by atoms with Crippen molar-refractivity contribution in [1.82, 2.24) is 5.32 Å². The van der Waals surface area contributed by atoms with E-state index in [-0.39, 0.29) is 11.8 Å². The Labute approximate surface area is 162 Å². The number of hydrogen-bond donors (Lipinski definition) is 2. The van der Waals surface area contributed by atoms with Gasteiger partial charge in [-0.1, -0.05) is 23.7 Å². The first-order valence-corrected chi connectivity index (χ1v) is 9.04. The summed E-state index contributed by atoms with van der Waals surface area (Å²) in [6, 6.07) is 14.1. The summed E-state index contributed by atoms with van der Waals surface area (Å²) in [5.41, 5.74) is -0.509. The number of nitrogens with one attached hydrogen (secondary N) is 2. The molecule has 142 valence electrons. The molecule has 1 fully saturated rings. The Morgan fingerprint density at radius 3 is 2.33 bits per heavy atom. The quantitative estimate of drug-likeness (QED) is 0.537. The summed E-state index contributed by atoms with van der Waals surface area (Å²) < 4.78 is 10.7. The molecule has 2 aromatic rings.